The van der Waals surface area contributed by atoms with Gasteiger partial charge in [-0.1, -0.05) is 13.8 Å². The third-order valence-corrected chi connectivity index (χ3v) is 4.30. The van der Waals surface area contributed by atoms with Crippen LogP contribution in [0.25, 0.3) is 0 Å². The van der Waals surface area contributed by atoms with E-state index in [1.165, 1.54) is 4.90 Å². The molecule has 0 spiro atoms. The summed E-state index contributed by atoms with van der Waals surface area (Å²) in [6.45, 7) is 6.49. The molecule has 0 saturated carbocycles. The molecule has 2 unspecified atom stereocenters. The Morgan fingerprint density at radius 2 is 1.96 bits per heavy atom. The van der Waals surface area contributed by atoms with E-state index in [0.717, 1.165) is 0 Å². The SMILES string of the molecule is CCOc1ccc(C(=O)NC(C(=O)N2CCOC(C(=O)O)C2)C(C)C)cc1. The van der Waals surface area contributed by atoms with Crippen LogP contribution >= 0.6 is 0 Å². The van der Waals surface area contributed by atoms with Crippen LogP contribution in [0.2, 0.25) is 0 Å². The quantitative estimate of drug-likeness (QED) is 0.737. The standard InChI is InChI=1S/C19H26N2O6/c1-4-26-14-7-5-13(6-8-14)17(22)20-16(12(2)3)18(23)21-9-10-27-15(11-21)19(24)25/h5-8,12,15-16H,4,9-11H2,1-3H3,(H,20,22)(H,24,25). The van der Waals surface area contributed by atoms with Crippen LogP contribution in [0.3, 0.4) is 0 Å². The Bertz CT molecular complexity index is 673. The smallest absolute Gasteiger partial charge is 0.334 e. The lowest BCUT2D eigenvalue weighted by atomic mass is 10.0. The molecule has 2 rings (SSSR count). The van der Waals surface area contributed by atoms with Gasteiger partial charge in [-0.15, -0.1) is 0 Å². The summed E-state index contributed by atoms with van der Waals surface area (Å²) in [5.74, 6) is -1.27. The highest BCUT2D eigenvalue weighted by Crippen LogP contribution is 2.15. The topological polar surface area (TPSA) is 105 Å². The van der Waals surface area contributed by atoms with Crippen molar-refractivity contribution in [2.45, 2.75) is 32.9 Å². The van der Waals surface area contributed by atoms with Gasteiger partial charge in [-0.25, -0.2) is 4.79 Å². The lowest BCUT2D eigenvalue weighted by molar-refractivity contribution is -0.160. The third kappa shape index (κ3) is 5.43. The predicted molar refractivity (Wildman–Crippen MR) is 97.7 cm³/mol. The van der Waals surface area contributed by atoms with Gasteiger partial charge in [0.25, 0.3) is 5.91 Å². The maximum atomic E-state index is 12.9. The number of nitrogens with zero attached hydrogens (tertiary/aromatic N) is 1. The van der Waals surface area contributed by atoms with Gasteiger partial charge in [-0.3, -0.25) is 9.59 Å². The van der Waals surface area contributed by atoms with Gasteiger partial charge < -0.3 is 24.8 Å². The zero-order valence-corrected chi connectivity index (χ0v) is 15.8. The molecular weight excluding hydrogens is 352 g/mol. The second-order valence-corrected chi connectivity index (χ2v) is 6.63. The first-order valence-corrected chi connectivity index (χ1v) is 9.00. The summed E-state index contributed by atoms with van der Waals surface area (Å²) in [7, 11) is 0. The van der Waals surface area contributed by atoms with Crippen LogP contribution in [-0.2, 0) is 14.3 Å². The summed E-state index contributed by atoms with van der Waals surface area (Å²) >= 11 is 0. The van der Waals surface area contributed by atoms with E-state index in [2.05, 4.69) is 5.32 Å². The summed E-state index contributed by atoms with van der Waals surface area (Å²) in [5.41, 5.74) is 0.419. The van der Waals surface area contributed by atoms with E-state index in [-0.39, 0.29) is 30.9 Å². The number of rotatable bonds is 7. The average Bonchev–Trinajstić information content (AvgIpc) is 2.66. The van der Waals surface area contributed by atoms with E-state index in [9.17, 15) is 14.4 Å². The van der Waals surface area contributed by atoms with Gasteiger partial charge in [0, 0.05) is 12.1 Å². The molecular formula is C19H26N2O6. The molecule has 0 aromatic heterocycles. The molecule has 1 fully saturated rings. The molecule has 1 aliphatic heterocycles. The molecule has 8 nitrogen and oxygen atoms in total. The lowest BCUT2D eigenvalue weighted by Crippen LogP contribution is -2.56. The number of carbonyl (C=O) groups is 3. The van der Waals surface area contributed by atoms with Crippen molar-refractivity contribution in [3.63, 3.8) is 0 Å². The minimum Gasteiger partial charge on any atom is -0.494 e. The zero-order valence-electron chi connectivity index (χ0n) is 15.8. The Kier molecular flexibility index (Phi) is 7.18. The molecule has 1 saturated heterocycles. The van der Waals surface area contributed by atoms with Crippen molar-refractivity contribution in [3.05, 3.63) is 29.8 Å². The number of carbonyl (C=O) groups excluding carboxylic acids is 2. The molecule has 1 aromatic carbocycles. The van der Waals surface area contributed by atoms with Crippen molar-refractivity contribution < 1.29 is 29.0 Å². The van der Waals surface area contributed by atoms with E-state index in [1.54, 1.807) is 24.3 Å². The zero-order chi connectivity index (χ0) is 20.0. The fourth-order valence-corrected chi connectivity index (χ4v) is 2.80. The van der Waals surface area contributed by atoms with Crippen molar-refractivity contribution in [3.8, 4) is 5.75 Å². The van der Waals surface area contributed by atoms with Crippen molar-refractivity contribution in [2.75, 3.05) is 26.3 Å². The first-order valence-electron chi connectivity index (χ1n) is 9.00. The second-order valence-electron chi connectivity index (χ2n) is 6.63. The van der Waals surface area contributed by atoms with Gasteiger partial charge in [0.1, 0.15) is 11.8 Å². The van der Waals surface area contributed by atoms with Crippen LogP contribution in [0.15, 0.2) is 24.3 Å². The average molecular weight is 378 g/mol. The number of morpholine rings is 1. The molecule has 2 atom stereocenters. The van der Waals surface area contributed by atoms with Gasteiger partial charge in [-0.05, 0) is 37.1 Å². The fourth-order valence-electron chi connectivity index (χ4n) is 2.80. The first kappa shape index (κ1) is 20.7. The number of ether oxygens (including phenoxy) is 2. The largest absolute Gasteiger partial charge is 0.494 e. The van der Waals surface area contributed by atoms with Crippen molar-refractivity contribution in [1.29, 1.82) is 0 Å². The number of benzene rings is 1. The summed E-state index contributed by atoms with van der Waals surface area (Å²) < 4.78 is 10.5. The predicted octanol–water partition coefficient (Wildman–Crippen LogP) is 1.15. The minimum atomic E-state index is -1.10. The first-order chi connectivity index (χ1) is 12.8. The van der Waals surface area contributed by atoms with Crippen molar-refractivity contribution in [1.82, 2.24) is 10.2 Å². The number of amides is 2. The Balaban J connectivity index is 2.06. The monoisotopic (exact) mass is 378 g/mol. The Hall–Kier alpha value is -2.61. The van der Waals surface area contributed by atoms with E-state index < -0.39 is 18.1 Å². The maximum absolute atomic E-state index is 12.9. The van der Waals surface area contributed by atoms with Crippen molar-refractivity contribution in [2.24, 2.45) is 5.92 Å². The molecule has 2 amide bonds. The summed E-state index contributed by atoms with van der Waals surface area (Å²) in [5, 5.41) is 11.9. The number of carboxylic acid groups (broad SMARTS) is 1. The van der Waals surface area contributed by atoms with Crippen LogP contribution in [-0.4, -0.2) is 66.2 Å². The molecule has 148 valence electrons. The highest BCUT2D eigenvalue weighted by Gasteiger charge is 2.34. The Morgan fingerprint density at radius 3 is 2.52 bits per heavy atom. The van der Waals surface area contributed by atoms with Crippen LogP contribution in [0.5, 0.6) is 5.75 Å². The molecule has 2 N–H and O–H groups in total. The number of hydrogen-bond donors (Lipinski definition) is 2. The number of carboxylic acids is 1. The highest BCUT2D eigenvalue weighted by atomic mass is 16.5. The molecule has 1 aliphatic rings. The van der Waals surface area contributed by atoms with Crippen LogP contribution < -0.4 is 10.1 Å². The van der Waals surface area contributed by atoms with Crippen LogP contribution in [0, 0.1) is 5.92 Å². The third-order valence-electron chi connectivity index (χ3n) is 4.30. The van der Waals surface area contributed by atoms with Gasteiger partial charge in [0.15, 0.2) is 6.10 Å². The normalized spacial score (nSPS) is 18.1. The van der Waals surface area contributed by atoms with E-state index in [4.69, 9.17) is 14.6 Å². The molecule has 0 bridgehead atoms. The molecule has 8 heteroatoms. The molecule has 27 heavy (non-hydrogen) atoms. The maximum Gasteiger partial charge on any atom is 0.334 e. The lowest BCUT2D eigenvalue weighted by Gasteiger charge is -2.34. The van der Waals surface area contributed by atoms with E-state index in [1.807, 2.05) is 20.8 Å². The van der Waals surface area contributed by atoms with Gasteiger partial charge >= 0.3 is 5.97 Å². The minimum absolute atomic E-state index is 0.0314. The second kappa shape index (κ2) is 9.36. The Labute approximate surface area is 158 Å². The Morgan fingerprint density at radius 1 is 1.30 bits per heavy atom. The van der Waals surface area contributed by atoms with E-state index >= 15 is 0 Å². The fraction of sp³-hybridized carbons (Fsp3) is 0.526. The summed E-state index contributed by atoms with van der Waals surface area (Å²) in [4.78, 5) is 38.0. The van der Waals surface area contributed by atoms with Gasteiger partial charge in [0.05, 0.1) is 19.8 Å². The van der Waals surface area contributed by atoms with Crippen molar-refractivity contribution >= 4 is 17.8 Å². The van der Waals surface area contributed by atoms with Crippen LogP contribution in [0.1, 0.15) is 31.1 Å². The van der Waals surface area contributed by atoms with Crippen LogP contribution in [0.4, 0.5) is 0 Å². The van der Waals surface area contributed by atoms with E-state index in [0.29, 0.717) is 24.5 Å². The molecule has 1 aromatic rings. The number of nitrogens with one attached hydrogen (secondary N) is 1. The molecule has 0 radical (unpaired) electrons. The summed E-state index contributed by atoms with van der Waals surface area (Å²) in [6.07, 6.45) is -1.04. The molecule has 1 heterocycles. The number of aliphatic carboxylic acids is 1. The number of hydrogen-bond acceptors (Lipinski definition) is 5. The highest BCUT2D eigenvalue weighted by molar-refractivity contribution is 5.97. The van der Waals surface area contributed by atoms with Gasteiger partial charge in [-0.2, -0.15) is 0 Å². The summed E-state index contributed by atoms with van der Waals surface area (Å²) in [6, 6.07) is 5.92. The van der Waals surface area contributed by atoms with Gasteiger partial charge in [0.2, 0.25) is 5.91 Å². The molecule has 0 aliphatic carbocycles.